The fourth-order valence-corrected chi connectivity index (χ4v) is 2.28. The molecule has 138 valence electrons. The summed E-state index contributed by atoms with van der Waals surface area (Å²) in [4.78, 5) is 4.12. The number of methoxy groups -OCH3 is 1. The molecule has 0 aliphatic heterocycles. The van der Waals surface area contributed by atoms with Gasteiger partial charge in [0.15, 0.2) is 5.96 Å². The van der Waals surface area contributed by atoms with Gasteiger partial charge in [0.05, 0.1) is 18.7 Å². The first-order valence-corrected chi connectivity index (χ1v) is 7.92. The van der Waals surface area contributed by atoms with E-state index in [-0.39, 0.29) is 24.0 Å². The van der Waals surface area contributed by atoms with Crippen LogP contribution in [-0.2, 0) is 13.0 Å². The Morgan fingerprint density at radius 3 is 2.50 bits per heavy atom. The van der Waals surface area contributed by atoms with Crippen LogP contribution in [0.2, 0.25) is 0 Å². The summed E-state index contributed by atoms with van der Waals surface area (Å²) in [7, 11) is 3.31. The van der Waals surface area contributed by atoms with Gasteiger partial charge in [0, 0.05) is 25.7 Å². The summed E-state index contributed by atoms with van der Waals surface area (Å²) < 4.78 is 19.0. The van der Waals surface area contributed by atoms with Crippen LogP contribution in [0.25, 0.3) is 0 Å². The third-order valence-corrected chi connectivity index (χ3v) is 3.72. The molecule has 0 aromatic heterocycles. The van der Waals surface area contributed by atoms with Crippen molar-refractivity contribution < 1.29 is 9.13 Å². The van der Waals surface area contributed by atoms with E-state index in [2.05, 4.69) is 15.6 Å². The fourth-order valence-electron chi connectivity index (χ4n) is 2.28. The van der Waals surface area contributed by atoms with Crippen molar-refractivity contribution in [2.24, 2.45) is 4.99 Å². The summed E-state index contributed by atoms with van der Waals surface area (Å²) in [6, 6.07) is 14.2. The van der Waals surface area contributed by atoms with Gasteiger partial charge in [-0.05, 0) is 36.2 Å². The molecule has 0 bridgehead atoms. The molecule has 0 atom stereocenters. The van der Waals surface area contributed by atoms with Gasteiger partial charge in [-0.2, -0.15) is 5.26 Å². The lowest BCUT2D eigenvalue weighted by Gasteiger charge is -2.12. The Kier molecular flexibility index (Phi) is 9.44. The fraction of sp³-hybridized carbons (Fsp3) is 0.263. The zero-order valence-corrected chi connectivity index (χ0v) is 17.1. The molecular weight excluding hydrogens is 446 g/mol. The molecule has 0 heterocycles. The van der Waals surface area contributed by atoms with Gasteiger partial charge in [-0.15, -0.1) is 24.0 Å². The third kappa shape index (κ3) is 6.52. The molecular formula is C19H22FIN4O. The van der Waals surface area contributed by atoms with Crippen LogP contribution in [0.3, 0.4) is 0 Å². The topological polar surface area (TPSA) is 69.4 Å². The molecule has 0 radical (unpaired) electrons. The van der Waals surface area contributed by atoms with Crippen molar-refractivity contribution in [3.8, 4) is 11.8 Å². The number of hydrogen-bond donors (Lipinski definition) is 2. The number of nitriles is 1. The molecule has 0 aliphatic rings. The van der Waals surface area contributed by atoms with Crippen molar-refractivity contribution >= 4 is 29.9 Å². The van der Waals surface area contributed by atoms with E-state index in [0.717, 1.165) is 12.2 Å². The van der Waals surface area contributed by atoms with Crippen LogP contribution < -0.4 is 15.4 Å². The Hall–Kier alpha value is -2.34. The summed E-state index contributed by atoms with van der Waals surface area (Å²) in [6.45, 7) is 0.988. The molecule has 0 unspecified atom stereocenters. The maximum absolute atomic E-state index is 13.9. The highest BCUT2D eigenvalue weighted by Gasteiger charge is 2.05. The molecule has 0 fully saturated rings. The van der Waals surface area contributed by atoms with E-state index in [4.69, 9.17) is 10.00 Å². The van der Waals surface area contributed by atoms with Crippen LogP contribution in [0, 0.1) is 17.1 Å². The Morgan fingerprint density at radius 2 is 1.92 bits per heavy atom. The number of nitrogens with zero attached hydrogens (tertiary/aromatic N) is 2. The average molecular weight is 468 g/mol. The van der Waals surface area contributed by atoms with Crippen molar-refractivity contribution in [1.82, 2.24) is 10.6 Å². The first kappa shape index (κ1) is 21.7. The number of hydrogen-bond acceptors (Lipinski definition) is 3. The Balaban J connectivity index is 0.00000338. The largest absolute Gasteiger partial charge is 0.497 e. The van der Waals surface area contributed by atoms with Crippen LogP contribution in [0.4, 0.5) is 4.39 Å². The second-order valence-electron chi connectivity index (χ2n) is 5.37. The van der Waals surface area contributed by atoms with E-state index >= 15 is 0 Å². The first-order valence-electron chi connectivity index (χ1n) is 7.92. The number of ether oxygens (including phenoxy) is 1. The maximum atomic E-state index is 13.9. The lowest BCUT2D eigenvalue weighted by Crippen LogP contribution is -2.38. The van der Waals surface area contributed by atoms with Crippen LogP contribution in [0.1, 0.15) is 16.7 Å². The second-order valence-corrected chi connectivity index (χ2v) is 5.37. The zero-order chi connectivity index (χ0) is 18.1. The van der Waals surface area contributed by atoms with Crippen molar-refractivity contribution in [3.05, 3.63) is 65.0 Å². The number of halogens is 2. The highest BCUT2D eigenvalue weighted by Crippen LogP contribution is 2.11. The number of rotatable bonds is 6. The normalized spacial score (nSPS) is 10.5. The highest BCUT2D eigenvalue weighted by atomic mass is 127. The number of aliphatic imine (C=N–C) groups is 1. The summed E-state index contributed by atoms with van der Waals surface area (Å²) >= 11 is 0. The molecule has 2 aromatic rings. The molecule has 26 heavy (non-hydrogen) atoms. The highest BCUT2D eigenvalue weighted by molar-refractivity contribution is 14.0. The van der Waals surface area contributed by atoms with Crippen molar-refractivity contribution in [3.63, 3.8) is 0 Å². The molecule has 2 aromatic carbocycles. The number of benzene rings is 2. The van der Waals surface area contributed by atoms with Gasteiger partial charge in [0.1, 0.15) is 11.6 Å². The Labute approximate surface area is 170 Å². The maximum Gasteiger partial charge on any atom is 0.191 e. The lowest BCUT2D eigenvalue weighted by molar-refractivity contribution is 0.414. The predicted molar refractivity (Wildman–Crippen MR) is 111 cm³/mol. The second kappa shape index (κ2) is 11.3. The predicted octanol–water partition coefficient (Wildman–Crippen LogP) is 3.23. The van der Waals surface area contributed by atoms with Crippen LogP contribution in [0.5, 0.6) is 5.75 Å². The number of nitrogens with one attached hydrogen (secondary N) is 2. The van der Waals surface area contributed by atoms with Crippen molar-refractivity contribution in [2.45, 2.75) is 13.0 Å². The summed E-state index contributed by atoms with van der Waals surface area (Å²) in [5.41, 5.74) is 1.97. The molecule has 0 saturated heterocycles. The van der Waals surface area contributed by atoms with Crippen LogP contribution in [0.15, 0.2) is 47.5 Å². The van der Waals surface area contributed by atoms with Gasteiger partial charge in [-0.25, -0.2) is 4.39 Å². The Bertz CT molecular complexity index is 772. The summed E-state index contributed by atoms with van der Waals surface area (Å²) in [6.07, 6.45) is 0.829. The molecule has 5 nitrogen and oxygen atoms in total. The van der Waals surface area contributed by atoms with E-state index in [1.54, 1.807) is 26.3 Å². The summed E-state index contributed by atoms with van der Waals surface area (Å²) in [5, 5.41) is 15.0. The molecule has 2 rings (SSSR count). The van der Waals surface area contributed by atoms with E-state index in [0.29, 0.717) is 30.2 Å². The molecule has 7 heteroatoms. The average Bonchev–Trinajstić information content (AvgIpc) is 2.65. The zero-order valence-electron chi connectivity index (χ0n) is 14.8. The minimum Gasteiger partial charge on any atom is -0.497 e. The molecule has 0 amide bonds. The standard InChI is InChI=1S/C19H21FN4O.HI/c1-22-19(23-10-9-14-4-7-17(25-2)8-5-14)24-13-16-6-3-15(12-21)11-18(16)20;/h3-8,11H,9-10,13H2,1-2H3,(H2,22,23,24);1H. The molecule has 0 saturated carbocycles. The van der Waals surface area contributed by atoms with Gasteiger partial charge < -0.3 is 15.4 Å². The van der Waals surface area contributed by atoms with Crippen molar-refractivity contribution in [1.29, 1.82) is 5.26 Å². The quantitative estimate of drug-likeness (QED) is 0.388. The van der Waals surface area contributed by atoms with E-state index in [1.165, 1.54) is 11.6 Å². The molecule has 0 spiro atoms. The lowest BCUT2D eigenvalue weighted by atomic mass is 10.1. The van der Waals surface area contributed by atoms with Crippen LogP contribution in [-0.4, -0.2) is 26.7 Å². The van der Waals surface area contributed by atoms with Gasteiger partial charge in [0.25, 0.3) is 0 Å². The minimum absolute atomic E-state index is 0. The van der Waals surface area contributed by atoms with Gasteiger partial charge >= 0.3 is 0 Å². The Morgan fingerprint density at radius 1 is 1.19 bits per heavy atom. The van der Waals surface area contributed by atoms with E-state index < -0.39 is 5.82 Å². The smallest absolute Gasteiger partial charge is 0.191 e. The van der Waals surface area contributed by atoms with Crippen LogP contribution >= 0.6 is 24.0 Å². The van der Waals surface area contributed by atoms with Crippen molar-refractivity contribution in [2.75, 3.05) is 20.7 Å². The van der Waals surface area contributed by atoms with Gasteiger partial charge in [0.2, 0.25) is 0 Å². The van der Waals surface area contributed by atoms with E-state index in [1.807, 2.05) is 30.3 Å². The van der Waals surface area contributed by atoms with Gasteiger partial charge in [-0.1, -0.05) is 18.2 Å². The molecule has 0 aliphatic carbocycles. The summed E-state index contributed by atoms with van der Waals surface area (Å²) in [5.74, 6) is 1.02. The third-order valence-electron chi connectivity index (χ3n) is 3.72. The number of guanidine groups is 1. The SMILES string of the molecule is CN=C(NCCc1ccc(OC)cc1)NCc1ccc(C#N)cc1F.I. The minimum atomic E-state index is -0.403. The molecule has 2 N–H and O–H groups in total. The first-order chi connectivity index (χ1) is 12.2. The van der Waals surface area contributed by atoms with E-state index in [9.17, 15) is 4.39 Å². The monoisotopic (exact) mass is 468 g/mol. The van der Waals surface area contributed by atoms with Gasteiger partial charge in [-0.3, -0.25) is 4.99 Å².